The molecule has 1 aliphatic rings. The zero-order valence-electron chi connectivity index (χ0n) is 15.0. The normalized spacial score (nSPS) is 18.9. The molecule has 1 saturated heterocycles. The second-order valence-electron chi connectivity index (χ2n) is 6.72. The first-order chi connectivity index (χ1) is 13.3. The number of hydrogen-bond donors (Lipinski definition) is 1. The molecule has 27 heavy (non-hydrogen) atoms. The second kappa shape index (κ2) is 7.49. The molecule has 1 N–H and O–H groups in total. The van der Waals surface area contributed by atoms with Crippen LogP contribution in [0.3, 0.4) is 0 Å². The summed E-state index contributed by atoms with van der Waals surface area (Å²) in [6, 6.07) is 31.5. The predicted molar refractivity (Wildman–Crippen MR) is 110 cm³/mol. The van der Waals surface area contributed by atoms with Crippen LogP contribution in [0.25, 0.3) is 0 Å². The Hall–Kier alpha value is -3.35. The number of rotatable bonds is 4. The van der Waals surface area contributed by atoms with E-state index in [2.05, 4.69) is 71.4 Å². The molecule has 0 saturated carbocycles. The van der Waals surface area contributed by atoms with Gasteiger partial charge in [-0.1, -0.05) is 55.1 Å². The monoisotopic (exact) mass is 351 g/mol. The number of para-hydroxylation sites is 2. The standard InChI is InChI=1S/C24H21N3/c1-18-17-26-24(23(18)16-25)19-12-14-22(15-13-19)27(20-8-4-2-5-9-20)21-10-6-3-7-11-21/h2-15,23-24,26H,1,17H2/t23-,24-/m0/s1. The Labute approximate surface area is 160 Å². The van der Waals surface area contributed by atoms with Crippen LogP contribution in [0.4, 0.5) is 17.1 Å². The number of benzene rings is 3. The summed E-state index contributed by atoms with van der Waals surface area (Å²) in [6.07, 6.45) is 0. The number of nitrogens with one attached hydrogen (secondary N) is 1. The minimum absolute atomic E-state index is 0.0125. The summed E-state index contributed by atoms with van der Waals surface area (Å²) >= 11 is 0. The minimum Gasteiger partial charge on any atom is -0.311 e. The average molecular weight is 351 g/mol. The van der Waals surface area contributed by atoms with Crippen LogP contribution in [-0.2, 0) is 0 Å². The Kier molecular flexibility index (Phi) is 4.74. The van der Waals surface area contributed by atoms with Gasteiger partial charge in [0, 0.05) is 23.6 Å². The van der Waals surface area contributed by atoms with Gasteiger partial charge in [-0.15, -0.1) is 0 Å². The molecule has 0 aliphatic carbocycles. The summed E-state index contributed by atoms with van der Waals surface area (Å²) in [5.74, 6) is -0.171. The molecular weight excluding hydrogens is 330 g/mol. The van der Waals surface area contributed by atoms with E-state index in [1.165, 1.54) is 0 Å². The van der Waals surface area contributed by atoms with Gasteiger partial charge in [0.1, 0.15) is 0 Å². The first-order valence-corrected chi connectivity index (χ1v) is 9.09. The van der Waals surface area contributed by atoms with Crippen molar-refractivity contribution in [1.29, 1.82) is 5.26 Å². The van der Waals surface area contributed by atoms with Crippen molar-refractivity contribution in [2.24, 2.45) is 5.92 Å². The van der Waals surface area contributed by atoms with Gasteiger partial charge in [-0.2, -0.15) is 5.26 Å². The fourth-order valence-electron chi connectivity index (χ4n) is 3.61. The van der Waals surface area contributed by atoms with Crippen molar-refractivity contribution < 1.29 is 0 Å². The average Bonchev–Trinajstić information content (AvgIpc) is 3.11. The van der Waals surface area contributed by atoms with Crippen LogP contribution >= 0.6 is 0 Å². The smallest absolute Gasteiger partial charge is 0.0877 e. The van der Waals surface area contributed by atoms with Crippen molar-refractivity contribution >= 4 is 17.1 Å². The van der Waals surface area contributed by atoms with Crippen molar-refractivity contribution in [3.8, 4) is 6.07 Å². The van der Waals surface area contributed by atoms with Crippen LogP contribution in [0, 0.1) is 17.2 Å². The third-order valence-corrected chi connectivity index (χ3v) is 5.00. The van der Waals surface area contributed by atoms with E-state index in [0.717, 1.165) is 28.2 Å². The molecule has 0 bridgehead atoms. The van der Waals surface area contributed by atoms with E-state index in [1.807, 2.05) is 36.4 Å². The van der Waals surface area contributed by atoms with E-state index < -0.39 is 0 Å². The van der Waals surface area contributed by atoms with E-state index in [0.29, 0.717) is 6.54 Å². The topological polar surface area (TPSA) is 39.1 Å². The van der Waals surface area contributed by atoms with Gasteiger partial charge in [-0.25, -0.2) is 0 Å². The van der Waals surface area contributed by atoms with Crippen LogP contribution < -0.4 is 10.2 Å². The van der Waals surface area contributed by atoms with Crippen molar-refractivity contribution in [1.82, 2.24) is 5.32 Å². The van der Waals surface area contributed by atoms with E-state index in [1.54, 1.807) is 0 Å². The van der Waals surface area contributed by atoms with Gasteiger partial charge in [0.25, 0.3) is 0 Å². The molecule has 1 aliphatic heterocycles. The maximum Gasteiger partial charge on any atom is 0.0877 e. The lowest BCUT2D eigenvalue weighted by Gasteiger charge is -2.26. The molecule has 0 radical (unpaired) electrons. The van der Waals surface area contributed by atoms with Crippen molar-refractivity contribution in [2.45, 2.75) is 6.04 Å². The summed E-state index contributed by atoms with van der Waals surface area (Å²) in [4.78, 5) is 2.23. The highest BCUT2D eigenvalue weighted by atomic mass is 15.1. The Balaban J connectivity index is 1.70. The van der Waals surface area contributed by atoms with Crippen LogP contribution in [0.15, 0.2) is 97.1 Å². The Morgan fingerprint density at radius 1 is 0.815 bits per heavy atom. The summed E-state index contributed by atoms with van der Waals surface area (Å²) in [5, 5.41) is 12.8. The van der Waals surface area contributed by atoms with Crippen LogP contribution in [0.1, 0.15) is 11.6 Å². The van der Waals surface area contributed by atoms with Gasteiger partial charge in [0.15, 0.2) is 0 Å². The fraction of sp³-hybridized carbons (Fsp3) is 0.125. The van der Waals surface area contributed by atoms with Crippen molar-refractivity contribution in [3.63, 3.8) is 0 Å². The molecule has 1 heterocycles. The van der Waals surface area contributed by atoms with Crippen LogP contribution in [0.2, 0.25) is 0 Å². The lowest BCUT2D eigenvalue weighted by atomic mass is 9.93. The van der Waals surface area contributed by atoms with Crippen LogP contribution in [-0.4, -0.2) is 6.54 Å². The summed E-state index contributed by atoms with van der Waals surface area (Å²) in [5.41, 5.74) is 5.38. The molecule has 3 heteroatoms. The Morgan fingerprint density at radius 3 is 1.85 bits per heavy atom. The highest BCUT2D eigenvalue weighted by Gasteiger charge is 2.31. The maximum atomic E-state index is 9.45. The molecule has 4 rings (SSSR count). The Morgan fingerprint density at radius 2 is 1.33 bits per heavy atom. The number of nitrogens with zero attached hydrogens (tertiary/aromatic N) is 2. The van der Waals surface area contributed by atoms with Crippen molar-refractivity contribution in [3.05, 3.63) is 103 Å². The predicted octanol–water partition coefficient (Wildman–Crippen LogP) is 5.50. The quantitative estimate of drug-likeness (QED) is 0.631. The number of anilines is 3. The largest absolute Gasteiger partial charge is 0.311 e. The summed E-state index contributed by atoms with van der Waals surface area (Å²) in [7, 11) is 0. The lowest BCUT2D eigenvalue weighted by molar-refractivity contribution is 0.581. The minimum atomic E-state index is -0.171. The Bertz CT molecular complexity index is 917. The molecule has 0 aromatic heterocycles. The van der Waals surface area contributed by atoms with Gasteiger partial charge < -0.3 is 10.2 Å². The van der Waals surface area contributed by atoms with Crippen LogP contribution in [0.5, 0.6) is 0 Å². The molecule has 0 spiro atoms. The van der Waals surface area contributed by atoms with Gasteiger partial charge in [-0.05, 0) is 47.5 Å². The maximum absolute atomic E-state index is 9.45. The molecule has 3 nitrogen and oxygen atoms in total. The van der Waals surface area contributed by atoms with E-state index in [-0.39, 0.29) is 12.0 Å². The zero-order valence-corrected chi connectivity index (χ0v) is 15.0. The first kappa shape index (κ1) is 17.1. The molecule has 3 aromatic rings. The van der Waals surface area contributed by atoms with Gasteiger partial charge >= 0.3 is 0 Å². The third-order valence-electron chi connectivity index (χ3n) is 5.00. The highest BCUT2D eigenvalue weighted by molar-refractivity contribution is 5.76. The molecular formula is C24H21N3. The van der Waals surface area contributed by atoms with E-state index in [9.17, 15) is 5.26 Å². The number of hydrogen-bond acceptors (Lipinski definition) is 3. The van der Waals surface area contributed by atoms with E-state index >= 15 is 0 Å². The lowest BCUT2D eigenvalue weighted by Crippen LogP contribution is -2.17. The fourth-order valence-corrected chi connectivity index (χ4v) is 3.61. The van der Waals surface area contributed by atoms with E-state index in [4.69, 9.17) is 0 Å². The SMILES string of the molecule is C=C1CN[C@@H](c2ccc(N(c3ccccc3)c3ccccc3)cc2)[C@H]1C#N. The zero-order chi connectivity index (χ0) is 18.6. The molecule has 132 valence electrons. The molecule has 3 aromatic carbocycles. The molecule has 0 unspecified atom stereocenters. The molecule has 1 fully saturated rings. The highest BCUT2D eigenvalue weighted by Crippen LogP contribution is 2.36. The summed E-state index contributed by atoms with van der Waals surface area (Å²) < 4.78 is 0. The van der Waals surface area contributed by atoms with Gasteiger partial charge in [0.05, 0.1) is 18.0 Å². The van der Waals surface area contributed by atoms with Gasteiger partial charge in [0.2, 0.25) is 0 Å². The first-order valence-electron chi connectivity index (χ1n) is 9.09. The van der Waals surface area contributed by atoms with Gasteiger partial charge in [-0.3, -0.25) is 0 Å². The molecule has 2 atom stereocenters. The summed E-state index contributed by atoms with van der Waals surface area (Å²) in [6.45, 7) is 4.71. The van der Waals surface area contributed by atoms with Crippen molar-refractivity contribution in [2.75, 3.05) is 11.4 Å². The number of nitriles is 1. The second-order valence-corrected chi connectivity index (χ2v) is 6.72. The third kappa shape index (κ3) is 3.36. The molecule has 0 amide bonds.